The molecule has 0 radical (unpaired) electrons. The summed E-state index contributed by atoms with van der Waals surface area (Å²) in [5.41, 5.74) is 7.36. The van der Waals surface area contributed by atoms with E-state index < -0.39 is 6.03 Å². The molecule has 0 saturated heterocycles. The average Bonchev–Trinajstić information content (AvgIpc) is 2.66. The third-order valence-corrected chi connectivity index (χ3v) is 3.84. The van der Waals surface area contributed by atoms with E-state index in [0.29, 0.717) is 17.2 Å². The van der Waals surface area contributed by atoms with Crippen molar-refractivity contribution in [1.82, 2.24) is 5.32 Å². The lowest BCUT2D eigenvalue weighted by molar-refractivity contribution is -0.117. The number of primary amides is 1. The average molecular weight is 369 g/mol. The maximum atomic E-state index is 12.2. The van der Waals surface area contributed by atoms with Crippen molar-refractivity contribution in [3.05, 3.63) is 59.7 Å². The van der Waals surface area contributed by atoms with Crippen LogP contribution >= 0.6 is 0 Å². The number of carbonyl (C=O) groups excluding carboxylic acids is 2. The number of rotatable bonds is 7. The van der Waals surface area contributed by atoms with Gasteiger partial charge in [0.05, 0.1) is 20.3 Å². The van der Waals surface area contributed by atoms with E-state index in [9.17, 15) is 9.59 Å². The SMILES string of the molecule is COc1cc(C=CC(=O)NC(C)c2ccc(NC(N)=O)cc2)cc(OC)c1. The van der Waals surface area contributed by atoms with Gasteiger partial charge in [-0.05, 0) is 48.4 Å². The summed E-state index contributed by atoms with van der Waals surface area (Å²) >= 11 is 0. The number of carbonyl (C=O) groups is 2. The quantitative estimate of drug-likeness (QED) is 0.653. The van der Waals surface area contributed by atoms with Gasteiger partial charge in [-0.25, -0.2) is 4.79 Å². The fraction of sp³-hybridized carbons (Fsp3) is 0.200. The lowest BCUT2D eigenvalue weighted by atomic mass is 10.1. The molecule has 2 aromatic rings. The second-order valence-corrected chi connectivity index (χ2v) is 5.82. The number of nitrogens with one attached hydrogen (secondary N) is 2. The fourth-order valence-corrected chi connectivity index (χ4v) is 2.44. The molecule has 142 valence electrons. The number of methoxy groups -OCH3 is 2. The standard InChI is InChI=1S/C20H23N3O4/c1-13(15-5-7-16(8-6-15)23-20(21)25)22-19(24)9-4-14-10-17(26-2)12-18(11-14)27-3/h4-13H,1-3H3,(H,22,24)(H3,21,23,25). The Morgan fingerprint density at radius 1 is 1.04 bits per heavy atom. The van der Waals surface area contributed by atoms with Gasteiger partial charge in [0.15, 0.2) is 0 Å². The van der Waals surface area contributed by atoms with Gasteiger partial charge in [0.2, 0.25) is 5.91 Å². The predicted molar refractivity (Wildman–Crippen MR) is 105 cm³/mol. The Bertz CT molecular complexity index is 809. The van der Waals surface area contributed by atoms with Crippen LogP contribution in [0.4, 0.5) is 10.5 Å². The molecule has 27 heavy (non-hydrogen) atoms. The largest absolute Gasteiger partial charge is 0.497 e. The summed E-state index contributed by atoms with van der Waals surface area (Å²) in [6.07, 6.45) is 3.14. The molecule has 2 rings (SSSR count). The first-order chi connectivity index (χ1) is 12.9. The summed E-state index contributed by atoms with van der Waals surface area (Å²) in [6, 6.07) is 11.6. The summed E-state index contributed by atoms with van der Waals surface area (Å²) in [7, 11) is 3.14. The van der Waals surface area contributed by atoms with Crippen LogP contribution in [0.5, 0.6) is 11.5 Å². The molecule has 2 aromatic carbocycles. The van der Waals surface area contributed by atoms with E-state index in [0.717, 1.165) is 11.1 Å². The molecule has 0 heterocycles. The summed E-state index contributed by atoms with van der Waals surface area (Å²) < 4.78 is 10.4. The van der Waals surface area contributed by atoms with E-state index in [4.69, 9.17) is 15.2 Å². The lowest BCUT2D eigenvalue weighted by Gasteiger charge is -2.13. The topological polar surface area (TPSA) is 103 Å². The smallest absolute Gasteiger partial charge is 0.316 e. The summed E-state index contributed by atoms with van der Waals surface area (Å²) in [5.74, 6) is 1.06. The Kier molecular flexibility index (Phi) is 6.82. The minimum atomic E-state index is -0.622. The summed E-state index contributed by atoms with van der Waals surface area (Å²) in [5, 5.41) is 5.37. The van der Waals surface area contributed by atoms with E-state index in [-0.39, 0.29) is 11.9 Å². The number of benzene rings is 2. The van der Waals surface area contributed by atoms with Crippen LogP contribution in [0.1, 0.15) is 24.1 Å². The van der Waals surface area contributed by atoms with Crippen molar-refractivity contribution in [3.8, 4) is 11.5 Å². The number of urea groups is 1. The molecular weight excluding hydrogens is 346 g/mol. The van der Waals surface area contributed by atoms with Gasteiger partial charge in [-0.2, -0.15) is 0 Å². The second-order valence-electron chi connectivity index (χ2n) is 5.82. The fourth-order valence-electron chi connectivity index (χ4n) is 2.44. The third kappa shape index (κ3) is 6.07. The van der Waals surface area contributed by atoms with Gasteiger partial charge < -0.3 is 25.8 Å². The third-order valence-electron chi connectivity index (χ3n) is 3.84. The Hall–Kier alpha value is -3.48. The molecular formula is C20H23N3O4. The molecule has 0 aliphatic rings. The van der Waals surface area contributed by atoms with E-state index in [1.54, 1.807) is 50.6 Å². The summed E-state index contributed by atoms with van der Waals surface area (Å²) in [4.78, 5) is 23.0. The van der Waals surface area contributed by atoms with Crippen LogP contribution in [-0.2, 0) is 4.79 Å². The van der Waals surface area contributed by atoms with Crippen molar-refractivity contribution in [2.24, 2.45) is 5.73 Å². The van der Waals surface area contributed by atoms with E-state index >= 15 is 0 Å². The molecule has 4 N–H and O–H groups in total. The monoisotopic (exact) mass is 369 g/mol. The molecule has 1 unspecified atom stereocenters. The van der Waals surface area contributed by atoms with Gasteiger partial charge in [0.25, 0.3) is 0 Å². The number of anilines is 1. The molecule has 7 nitrogen and oxygen atoms in total. The van der Waals surface area contributed by atoms with E-state index in [2.05, 4.69) is 10.6 Å². The van der Waals surface area contributed by atoms with Gasteiger partial charge in [0.1, 0.15) is 11.5 Å². The zero-order valence-electron chi connectivity index (χ0n) is 15.5. The maximum Gasteiger partial charge on any atom is 0.316 e. The van der Waals surface area contributed by atoms with Crippen molar-refractivity contribution < 1.29 is 19.1 Å². The molecule has 0 bridgehead atoms. The Morgan fingerprint density at radius 2 is 1.63 bits per heavy atom. The minimum absolute atomic E-state index is 0.204. The molecule has 0 aliphatic heterocycles. The van der Waals surface area contributed by atoms with Crippen molar-refractivity contribution in [2.45, 2.75) is 13.0 Å². The lowest BCUT2D eigenvalue weighted by Crippen LogP contribution is -2.24. The number of nitrogens with two attached hydrogens (primary N) is 1. The van der Waals surface area contributed by atoms with Gasteiger partial charge in [-0.1, -0.05) is 12.1 Å². The zero-order chi connectivity index (χ0) is 19.8. The van der Waals surface area contributed by atoms with Crippen LogP contribution in [-0.4, -0.2) is 26.2 Å². The van der Waals surface area contributed by atoms with E-state index in [1.165, 1.54) is 6.08 Å². The molecule has 0 aromatic heterocycles. The highest BCUT2D eigenvalue weighted by atomic mass is 16.5. The van der Waals surface area contributed by atoms with E-state index in [1.807, 2.05) is 19.1 Å². The molecule has 1 atom stereocenters. The van der Waals surface area contributed by atoms with Gasteiger partial charge >= 0.3 is 6.03 Å². The van der Waals surface area contributed by atoms with Crippen molar-refractivity contribution >= 4 is 23.7 Å². The molecule has 7 heteroatoms. The van der Waals surface area contributed by atoms with Gasteiger partial charge in [-0.15, -0.1) is 0 Å². The number of hydrogen-bond donors (Lipinski definition) is 3. The van der Waals surface area contributed by atoms with Gasteiger partial charge in [-0.3, -0.25) is 4.79 Å². The molecule has 0 fully saturated rings. The van der Waals surface area contributed by atoms with Crippen molar-refractivity contribution in [1.29, 1.82) is 0 Å². The normalized spacial score (nSPS) is 11.7. The molecule has 0 saturated carbocycles. The van der Waals surface area contributed by atoms with Crippen molar-refractivity contribution in [2.75, 3.05) is 19.5 Å². The van der Waals surface area contributed by atoms with Gasteiger partial charge in [0, 0.05) is 17.8 Å². The first kappa shape index (κ1) is 19.8. The van der Waals surface area contributed by atoms with Crippen LogP contribution in [0.15, 0.2) is 48.5 Å². The number of hydrogen-bond acceptors (Lipinski definition) is 4. The van der Waals surface area contributed by atoms with Crippen LogP contribution < -0.4 is 25.8 Å². The maximum absolute atomic E-state index is 12.2. The molecule has 0 aliphatic carbocycles. The first-order valence-corrected chi connectivity index (χ1v) is 8.29. The molecule has 0 spiro atoms. The number of ether oxygens (including phenoxy) is 2. The zero-order valence-corrected chi connectivity index (χ0v) is 15.5. The first-order valence-electron chi connectivity index (χ1n) is 8.29. The number of amides is 3. The van der Waals surface area contributed by atoms with Crippen molar-refractivity contribution in [3.63, 3.8) is 0 Å². The van der Waals surface area contributed by atoms with Crippen LogP contribution in [0.25, 0.3) is 6.08 Å². The highest BCUT2D eigenvalue weighted by Gasteiger charge is 2.08. The predicted octanol–water partition coefficient (Wildman–Crippen LogP) is 3.09. The Morgan fingerprint density at radius 3 is 2.15 bits per heavy atom. The van der Waals surface area contributed by atoms with Crippen LogP contribution in [0.2, 0.25) is 0 Å². The minimum Gasteiger partial charge on any atom is -0.497 e. The second kappa shape index (κ2) is 9.28. The van der Waals surface area contributed by atoms with Crippen LogP contribution in [0, 0.1) is 0 Å². The molecule has 3 amide bonds. The van der Waals surface area contributed by atoms with Crippen LogP contribution in [0.3, 0.4) is 0 Å². The Balaban J connectivity index is 2.00. The summed E-state index contributed by atoms with van der Waals surface area (Å²) in [6.45, 7) is 1.87. The highest BCUT2D eigenvalue weighted by Crippen LogP contribution is 2.23. The Labute approximate surface area is 158 Å². The highest BCUT2D eigenvalue weighted by molar-refractivity contribution is 5.92.